The first-order valence-electron chi connectivity index (χ1n) is 6.98. The third kappa shape index (κ3) is 2.38. The van der Waals surface area contributed by atoms with E-state index >= 15 is 0 Å². The molecule has 0 saturated heterocycles. The molecule has 0 fully saturated rings. The number of benzene rings is 1. The van der Waals surface area contributed by atoms with Crippen LogP contribution in [0, 0.1) is 0 Å². The fourth-order valence-corrected chi connectivity index (χ4v) is 3.85. The number of hydrogen-bond acceptors (Lipinski definition) is 4. The fourth-order valence-electron chi connectivity index (χ4n) is 3.04. The third-order valence-electron chi connectivity index (χ3n) is 4.19. The van der Waals surface area contributed by atoms with E-state index in [0.717, 1.165) is 36.1 Å². The molecule has 5 nitrogen and oxygen atoms in total. The lowest BCUT2D eigenvalue weighted by Crippen LogP contribution is -2.14. The number of methoxy groups -OCH3 is 2. The van der Waals surface area contributed by atoms with E-state index in [4.69, 9.17) is 38.4 Å². The molecule has 1 aromatic heterocycles. The van der Waals surface area contributed by atoms with Crippen LogP contribution in [0.1, 0.15) is 29.2 Å². The lowest BCUT2D eigenvalue weighted by molar-refractivity contribution is 0.392. The van der Waals surface area contributed by atoms with Gasteiger partial charge < -0.3 is 15.2 Å². The number of fused-ring (bicyclic) bond motifs is 1. The van der Waals surface area contributed by atoms with Crippen LogP contribution in [0.4, 0.5) is 5.82 Å². The Labute approximate surface area is 138 Å². The Balaban J connectivity index is 2.05. The first-order chi connectivity index (χ1) is 10.6. The van der Waals surface area contributed by atoms with Gasteiger partial charge in [-0.3, -0.25) is 5.10 Å². The number of anilines is 1. The standard InChI is InChI=1S/C15H17Cl2N3O2/c1-21-10-6-11(22-2)14(17)12(13(10)16)7-3-4-8-9(5-7)19-20-15(8)18/h6-7H,3-5H2,1-2H3,(H3,18,19,20). The van der Waals surface area contributed by atoms with E-state index in [1.54, 1.807) is 20.3 Å². The van der Waals surface area contributed by atoms with Gasteiger partial charge in [-0.15, -0.1) is 0 Å². The zero-order chi connectivity index (χ0) is 15.9. The molecule has 1 atom stereocenters. The van der Waals surface area contributed by atoms with Crippen LogP contribution in [0.15, 0.2) is 6.07 Å². The summed E-state index contributed by atoms with van der Waals surface area (Å²) in [6.07, 6.45) is 2.50. The van der Waals surface area contributed by atoms with Crippen molar-refractivity contribution in [1.82, 2.24) is 10.2 Å². The highest BCUT2D eigenvalue weighted by atomic mass is 35.5. The average Bonchev–Trinajstić information content (AvgIpc) is 2.89. The van der Waals surface area contributed by atoms with Gasteiger partial charge in [0.2, 0.25) is 0 Å². The highest BCUT2D eigenvalue weighted by molar-refractivity contribution is 6.38. The van der Waals surface area contributed by atoms with Crippen LogP contribution in [0.3, 0.4) is 0 Å². The molecular formula is C15H17Cl2N3O2. The minimum atomic E-state index is 0.163. The first-order valence-corrected chi connectivity index (χ1v) is 7.73. The molecule has 1 unspecified atom stereocenters. The summed E-state index contributed by atoms with van der Waals surface area (Å²) in [5.74, 6) is 1.87. The second-order valence-corrected chi connectivity index (χ2v) is 6.08. The van der Waals surface area contributed by atoms with Gasteiger partial charge in [-0.2, -0.15) is 5.10 Å². The van der Waals surface area contributed by atoms with Gasteiger partial charge in [-0.1, -0.05) is 23.2 Å². The van der Waals surface area contributed by atoms with Gasteiger partial charge in [0.1, 0.15) is 17.3 Å². The first kappa shape index (κ1) is 15.3. The number of nitrogens with two attached hydrogens (primary N) is 1. The second kappa shape index (κ2) is 5.89. The molecular weight excluding hydrogens is 325 g/mol. The Kier molecular flexibility index (Phi) is 4.10. The quantitative estimate of drug-likeness (QED) is 0.894. The summed E-state index contributed by atoms with van der Waals surface area (Å²) in [6.45, 7) is 0. The largest absolute Gasteiger partial charge is 0.495 e. The van der Waals surface area contributed by atoms with Gasteiger partial charge in [0.05, 0.1) is 24.3 Å². The van der Waals surface area contributed by atoms with Crippen molar-refractivity contribution in [1.29, 1.82) is 0 Å². The molecule has 1 heterocycles. The SMILES string of the molecule is COc1cc(OC)c(Cl)c(C2CCc3c(N)n[nH]c3C2)c1Cl. The predicted molar refractivity (Wildman–Crippen MR) is 87.3 cm³/mol. The highest BCUT2D eigenvalue weighted by Gasteiger charge is 2.29. The monoisotopic (exact) mass is 341 g/mol. The van der Waals surface area contributed by atoms with Gasteiger partial charge in [-0.25, -0.2) is 0 Å². The Bertz CT molecular complexity index is 687. The van der Waals surface area contributed by atoms with Gasteiger partial charge in [-0.05, 0) is 25.2 Å². The Morgan fingerprint density at radius 2 is 1.86 bits per heavy atom. The smallest absolute Gasteiger partial charge is 0.148 e. The van der Waals surface area contributed by atoms with Gasteiger partial charge in [0, 0.05) is 22.9 Å². The summed E-state index contributed by atoms with van der Waals surface area (Å²) < 4.78 is 10.7. The number of H-pyrrole nitrogens is 1. The number of nitrogen functional groups attached to an aromatic ring is 1. The molecule has 2 aromatic rings. The predicted octanol–water partition coefficient (Wildman–Crippen LogP) is 3.59. The number of ether oxygens (including phenoxy) is 2. The van der Waals surface area contributed by atoms with Crippen molar-refractivity contribution >= 4 is 29.0 Å². The highest BCUT2D eigenvalue weighted by Crippen LogP contribution is 2.47. The molecule has 7 heteroatoms. The van der Waals surface area contributed by atoms with E-state index in [1.807, 2.05) is 0 Å². The Hall–Kier alpha value is -1.59. The van der Waals surface area contributed by atoms with Crippen molar-refractivity contribution < 1.29 is 9.47 Å². The van der Waals surface area contributed by atoms with Crippen molar-refractivity contribution in [3.8, 4) is 11.5 Å². The van der Waals surface area contributed by atoms with Crippen LogP contribution in [-0.2, 0) is 12.8 Å². The Morgan fingerprint density at radius 1 is 1.23 bits per heavy atom. The minimum absolute atomic E-state index is 0.163. The van der Waals surface area contributed by atoms with E-state index in [0.29, 0.717) is 27.4 Å². The number of nitrogens with one attached hydrogen (secondary N) is 1. The average molecular weight is 342 g/mol. The molecule has 22 heavy (non-hydrogen) atoms. The molecule has 1 aliphatic carbocycles. The van der Waals surface area contributed by atoms with Crippen LogP contribution in [0.5, 0.6) is 11.5 Å². The summed E-state index contributed by atoms with van der Waals surface area (Å²) in [4.78, 5) is 0. The molecule has 0 bridgehead atoms. The lowest BCUT2D eigenvalue weighted by Gasteiger charge is -2.25. The van der Waals surface area contributed by atoms with Crippen LogP contribution in [0.2, 0.25) is 10.0 Å². The van der Waals surface area contributed by atoms with Crippen molar-refractivity contribution in [3.63, 3.8) is 0 Å². The summed E-state index contributed by atoms with van der Waals surface area (Å²) in [6, 6.07) is 1.70. The molecule has 1 aliphatic rings. The van der Waals surface area contributed by atoms with Crippen molar-refractivity contribution in [3.05, 3.63) is 32.9 Å². The number of hydrogen-bond donors (Lipinski definition) is 2. The minimum Gasteiger partial charge on any atom is -0.495 e. The molecule has 0 amide bonds. The van der Waals surface area contributed by atoms with Crippen molar-refractivity contribution in [2.45, 2.75) is 25.2 Å². The molecule has 0 spiro atoms. The molecule has 0 radical (unpaired) electrons. The van der Waals surface area contributed by atoms with Crippen molar-refractivity contribution in [2.24, 2.45) is 0 Å². The van der Waals surface area contributed by atoms with Crippen LogP contribution >= 0.6 is 23.2 Å². The molecule has 3 N–H and O–H groups in total. The van der Waals surface area contributed by atoms with E-state index in [2.05, 4.69) is 10.2 Å². The molecule has 0 saturated carbocycles. The summed E-state index contributed by atoms with van der Waals surface area (Å²) in [5.41, 5.74) is 8.86. The maximum atomic E-state index is 6.49. The third-order valence-corrected chi connectivity index (χ3v) is 4.97. The molecule has 118 valence electrons. The molecule has 3 rings (SSSR count). The normalized spacial score (nSPS) is 17.2. The van der Waals surface area contributed by atoms with Crippen LogP contribution < -0.4 is 15.2 Å². The summed E-state index contributed by atoms with van der Waals surface area (Å²) in [5, 5.41) is 8.15. The zero-order valence-corrected chi connectivity index (χ0v) is 13.9. The van der Waals surface area contributed by atoms with E-state index in [-0.39, 0.29) is 5.92 Å². The second-order valence-electron chi connectivity index (χ2n) is 5.33. The van der Waals surface area contributed by atoms with E-state index in [1.165, 1.54) is 0 Å². The van der Waals surface area contributed by atoms with Crippen LogP contribution in [0.25, 0.3) is 0 Å². The van der Waals surface area contributed by atoms with Gasteiger partial charge >= 0.3 is 0 Å². The van der Waals surface area contributed by atoms with E-state index in [9.17, 15) is 0 Å². The summed E-state index contributed by atoms with van der Waals surface area (Å²) in [7, 11) is 3.15. The number of aromatic amines is 1. The molecule has 1 aromatic carbocycles. The van der Waals surface area contributed by atoms with Gasteiger partial charge in [0.25, 0.3) is 0 Å². The lowest BCUT2D eigenvalue weighted by atomic mass is 9.82. The van der Waals surface area contributed by atoms with Crippen LogP contribution in [-0.4, -0.2) is 24.4 Å². The van der Waals surface area contributed by atoms with E-state index < -0.39 is 0 Å². The maximum Gasteiger partial charge on any atom is 0.148 e. The number of halogens is 2. The topological polar surface area (TPSA) is 73.2 Å². The number of nitrogens with zero attached hydrogens (tertiary/aromatic N) is 1. The van der Waals surface area contributed by atoms with Crippen molar-refractivity contribution in [2.75, 3.05) is 20.0 Å². The number of rotatable bonds is 3. The number of aromatic nitrogens is 2. The Morgan fingerprint density at radius 3 is 2.45 bits per heavy atom. The summed E-state index contributed by atoms with van der Waals surface area (Å²) >= 11 is 13.0. The molecule has 0 aliphatic heterocycles. The zero-order valence-electron chi connectivity index (χ0n) is 12.4. The van der Waals surface area contributed by atoms with Gasteiger partial charge in [0.15, 0.2) is 0 Å². The fraction of sp³-hybridized carbons (Fsp3) is 0.400. The maximum absolute atomic E-state index is 6.49.